The molecule has 0 atom stereocenters. The Kier molecular flexibility index (Phi) is 3.20. The fourth-order valence-corrected chi connectivity index (χ4v) is 2.58. The molecule has 18 heavy (non-hydrogen) atoms. The molecule has 0 unspecified atom stereocenters. The molecule has 2 rings (SSSR count). The average molecular weight is 261 g/mol. The molecule has 0 aliphatic heterocycles. The van der Waals surface area contributed by atoms with Crippen molar-refractivity contribution in [3.05, 3.63) is 34.7 Å². The second kappa shape index (κ2) is 4.66. The number of hydrogen-bond acceptors (Lipinski definition) is 5. The summed E-state index contributed by atoms with van der Waals surface area (Å²) in [5.74, 6) is -0.640. The molecular weight excluding hydrogens is 250 g/mol. The zero-order chi connectivity index (χ0) is 13.3. The van der Waals surface area contributed by atoms with E-state index in [1.54, 1.807) is 19.2 Å². The van der Waals surface area contributed by atoms with Crippen LogP contribution in [0.25, 0.3) is 10.4 Å². The topological polar surface area (TPSA) is 85.9 Å². The number of nitrogens with zero attached hydrogens (tertiary/aromatic N) is 2. The molecule has 5 nitrogen and oxygen atoms in total. The minimum absolute atomic E-state index is 0.0773. The highest BCUT2D eigenvalue weighted by atomic mass is 32.1. The summed E-state index contributed by atoms with van der Waals surface area (Å²) in [5, 5.41) is 0.244. The van der Waals surface area contributed by atoms with Crippen molar-refractivity contribution >= 4 is 23.0 Å². The van der Waals surface area contributed by atoms with Crippen molar-refractivity contribution in [2.45, 2.75) is 13.8 Å². The molecule has 0 saturated carbocycles. The summed E-state index contributed by atoms with van der Waals surface area (Å²) in [5.41, 5.74) is 7.13. The summed E-state index contributed by atoms with van der Waals surface area (Å²) in [7, 11) is 0. The number of carbonyl (C=O) groups is 2. The molecule has 2 N–H and O–H groups in total. The summed E-state index contributed by atoms with van der Waals surface area (Å²) < 4.78 is 0. The number of thiazole rings is 1. The lowest BCUT2D eigenvalue weighted by Crippen LogP contribution is -2.10. The number of aromatic nitrogens is 2. The first-order valence-corrected chi connectivity index (χ1v) is 6.05. The van der Waals surface area contributed by atoms with E-state index in [1.165, 1.54) is 24.5 Å². The number of Topliss-reactive ketones (excluding diaryl/α,β-unsaturated/α-hetero) is 1. The van der Waals surface area contributed by atoms with Crippen LogP contribution in [-0.4, -0.2) is 21.7 Å². The number of rotatable bonds is 3. The number of carbonyl (C=O) groups excluding carboxylic acids is 2. The highest BCUT2D eigenvalue weighted by Crippen LogP contribution is 2.32. The van der Waals surface area contributed by atoms with Crippen LogP contribution in [0, 0.1) is 6.92 Å². The Morgan fingerprint density at radius 1 is 1.39 bits per heavy atom. The van der Waals surface area contributed by atoms with Gasteiger partial charge in [0, 0.05) is 23.5 Å². The minimum Gasteiger partial charge on any atom is -0.364 e. The Morgan fingerprint density at radius 2 is 2.11 bits per heavy atom. The van der Waals surface area contributed by atoms with Crippen molar-refractivity contribution in [2.24, 2.45) is 5.73 Å². The van der Waals surface area contributed by atoms with Crippen LogP contribution >= 0.6 is 11.3 Å². The normalized spacial score (nSPS) is 10.3. The first kappa shape index (κ1) is 12.4. The van der Waals surface area contributed by atoms with Crippen LogP contribution in [0.1, 0.15) is 32.8 Å². The van der Waals surface area contributed by atoms with E-state index >= 15 is 0 Å². The quantitative estimate of drug-likeness (QED) is 0.854. The van der Waals surface area contributed by atoms with Crippen LogP contribution in [0.4, 0.5) is 0 Å². The zero-order valence-corrected chi connectivity index (χ0v) is 10.7. The number of aryl methyl sites for hydroxylation is 1. The molecule has 0 bridgehead atoms. The van der Waals surface area contributed by atoms with Crippen molar-refractivity contribution in [2.75, 3.05) is 0 Å². The van der Waals surface area contributed by atoms with Gasteiger partial charge in [-0.15, -0.1) is 11.3 Å². The molecule has 0 aliphatic carbocycles. The maximum absolute atomic E-state index is 11.5. The van der Waals surface area contributed by atoms with E-state index in [4.69, 9.17) is 5.73 Å². The monoisotopic (exact) mass is 261 g/mol. The predicted octanol–water partition coefficient (Wildman–Crippen LogP) is 1.82. The Morgan fingerprint density at radius 3 is 2.67 bits per heavy atom. The molecule has 92 valence electrons. The Hall–Kier alpha value is -2.08. The van der Waals surface area contributed by atoms with Crippen molar-refractivity contribution in [3.63, 3.8) is 0 Å². The van der Waals surface area contributed by atoms with E-state index in [0.29, 0.717) is 11.3 Å². The molecule has 0 fully saturated rings. The van der Waals surface area contributed by atoms with Crippen LogP contribution in [-0.2, 0) is 0 Å². The minimum atomic E-state index is -0.562. The molecule has 1 amide bonds. The number of amides is 1. The second-order valence-corrected chi connectivity index (χ2v) is 4.77. The third-order valence-electron chi connectivity index (χ3n) is 2.45. The third kappa shape index (κ3) is 2.14. The summed E-state index contributed by atoms with van der Waals surface area (Å²) in [6, 6.07) is 1.74. The second-order valence-electron chi connectivity index (χ2n) is 3.78. The van der Waals surface area contributed by atoms with Gasteiger partial charge < -0.3 is 5.73 Å². The maximum atomic E-state index is 11.5. The van der Waals surface area contributed by atoms with Crippen LogP contribution in [0.5, 0.6) is 0 Å². The standard InChI is InChI=1S/C12H11N3O2S/c1-6-10(18-12(15-6)11(13)17)8-3-4-14-5-9(8)7(2)16/h3-5H,1-2H3,(H2,13,17). The first-order chi connectivity index (χ1) is 8.50. The fraction of sp³-hybridized carbons (Fsp3) is 0.167. The summed E-state index contributed by atoms with van der Waals surface area (Å²) >= 11 is 1.19. The maximum Gasteiger partial charge on any atom is 0.277 e. The van der Waals surface area contributed by atoms with E-state index in [1.807, 2.05) is 0 Å². The Bertz CT molecular complexity index is 634. The lowest BCUT2D eigenvalue weighted by Gasteiger charge is -2.03. The van der Waals surface area contributed by atoms with Gasteiger partial charge in [0.25, 0.3) is 5.91 Å². The van der Waals surface area contributed by atoms with Crippen molar-refractivity contribution in [1.82, 2.24) is 9.97 Å². The van der Waals surface area contributed by atoms with Gasteiger partial charge in [0.05, 0.1) is 10.6 Å². The van der Waals surface area contributed by atoms with Crippen molar-refractivity contribution < 1.29 is 9.59 Å². The van der Waals surface area contributed by atoms with E-state index in [2.05, 4.69) is 9.97 Å². The summed E-state index contributed by atoms with van der Waals surface area (Å²) in [4.78, 5) is 31.5. The lowest BCUT2D eigenvalue weighted by molar-refractivity contribution is 0.0996. The molecule has 0 aromatic carbocycles. The average Bonchev–Trinajstić information content (AvgIpc) is 2.71. The SMILES string of the molecule is CC(=O)c1cnccc1-c1sc(C(N)=O)nc1C. The van der Waals surface area contributed by atoms with E-state index in [9.17, 15) is 9.59 Å². The molecule has 2 heterocycles. The van der Waals surface area contributed by atoms with Crippen LogP contribution in [0.15, 0.2) is 18.5 Å². The molecule has 0 radical (unpaired) electrons. The van der Waals surface area contributed by atoms with Gasteiger partial charge in [-0.05, 0) is 19.9 Å². The van der Waals surface area contributed by atoms with Gasteiger partial charge in [-0.3, -0.25) is 14.6 Å². The van der Waals surface area contributed by atoms with Gasteiger partial charge >= 0.3 is 0 Å². The van der Waals surface area contributed by atoms with Gasteiger partial charge in [-0.1, -0.05) is 0 Å². The molecule has 0 saturated heterocycles. The summed E-state index contributed by atoms with van der Waals surface area (Å²) in [6.07, 6.45) is 3.12. The number of nitrogens with two attached hydrogens (primary N) is 1. The molecular formula is C12H11N3O2S. The largest absolute Gasteiger partial charge is 0.364 e. The fourth-order valence-electron chi connectivity index (χ4n) is 1.62. The Labute approximate surface area is 108 Å². The van der Waals surface area contributed by atoms with Gasteiger partial charge in [-0.2, -0.15) is 0 Å². The highest BCUT2D eigenvalue weighted by molar-refractivity contribution is 7.17. The van der Waals surface area contributed by atoms with E-state index in [-0.39, 0.29) is 10.8 Å². The summed E-state index contributed by atoms with van der Waals surface area (Å²) in [6.45, 7) is 3.26. The van der Waals surface area contributed by atoms with Gasteiger partial charge in [0.1, 0.15) is 0 Å². The molecule has 0 spiro atoms. The first-order valence-electron chi connectivity index (χ1n) is 5.23. The third-order valence-corrected chi connectivity index (χ3v) is 3.66. The molecule has 2 aromatic rings. The number of pyridine rings is 1. The zero-order valence-electron chi connectivity index (χ0n) is 9.93. The van der Waals surface area contributed by atoms with Gasteiger partial charge in [0.2, 0.25) is 0 Å². The van der Waals surface area contributed by atoms with Gasteiger partial charge in [-0.25, -0.2) is 4.98 Å². The van der Waals surface area contributed by atoms with Crippen LogP contribution in [0.2, 0.25) is 0 Å². The number of primary amides is 1. The van der Waals surface area contributed by atoms with Crippen LogP contribution in [0.3, 0.4) is 0 Å². The molecule has 2 aromatic heterocycles. The Balaban J connectivity index is 2.62. The van der Waals surface area contributed by atoms with E-state index in [0.717, 1.165) is 10.4 Å². The van der Waals surface area contributed by atoms with E-state index < -0.39 is 5.91 Å². The highest BCUT2D eigenvalue weighted by Gasteiger charge is 2.17. The smallest absolute Gasteiger partial charge is 0.277 e. The molecule has 0 aliphatic rings. The van der Waals surface area contributed by atoms with Gasteiger partial charge in [0.15, 0.2) is 10.8 Å². The lowest BCUT2D eigenvalue weighted by atomic mass is 10.1. The number of ketones is 1. The van der Waals surface area contributed by atoms with Crippen molar-refractivity contribution in [3.8, 4) is 10.4 Å². The van der Waals surface area contributed by atoms with Crippen LogP contribution < -0.4 is 5.73 Å². The molecule has 6 heteroatoms. The number of hydrogen-bond donors (Lipinski definition) is 1. The van der Waals surface area contributed by atoms with Crippen molar-refractivity contribution in [1.29, 1.82) is 0 Å². The predicted molar refractivity (Wildman–Crippen MR) is 68.6 cm³/mol.